The van der Waals surface area contributed by atoms with Crippen LogP contribution in [0.25, 0.3) is 22.0 Å². The van der Waals surface area contributed by atoms with Crippen LogP contribution in [0.4, 0.5) is 5.69 Å². The molecule has 2 heterocycles. The van der Waals surface area contributed by atoms with Crippen LogP contribution in [0, 0.1) is 0 Å². The third-order valence-corrected chi connectivity index (χ3v) is 6.81. The molecular weight excluding hydrogens is 438 g/mol. The Hall–Kier alpha value is -2.86. The van der Waals surface area contributed by atoms with Gasteiger partial charge >= 0.3 is 0 Å². The van der Waals surface area contributed by atoms with Crippen LogP contribution >= 0.6 is 23.4 Å². The second kappa shape index (κ2) is 9.33. The minimum atomic E-state index is -0.136. The number of amides is 1. The van der Waals surface area contributed by atoms with Gasteiger partial charge < -0.3 is 5.32 Å². The van der Waals surface area contributed by atoms with E-state index in [0.717, 1.165) is 52.4 Å². The fourth-order valence-corrected chi connectivity index (χ4v) is 4.92. The Labute approximate surface area is 196 Å². The summed E-state index contributed by atoms with van der Waals surface area (Å²) in [5.41, 5.74) is 5.50. The third kappa shape index (κ3) is 4.80. The van der Waals surface area contributed by atoms with Gasteiger partial charge in [0.15, 0.2) is 0 Å². The van der Waals surface area contributed by atoms with Gasteiger partial charge in [-0.2, -0.15) is 0 Å². The molecule has 1 fully saturated rings. The summed E-state index contributed by atoms with van der Waals surface area (Å²) in [6, 6.07) is 25.2. The molecule has 1 aromatic heterocycles. The minimum absolute atomic E-state index is 0.136. The van der Waals surface area contributed by atoms with E-state index in [4.69, 9.17) is 16.6 Å². The van der Waals surface area contributed by atoms with E-state index in [2.05, 4.69) is 22.3 Å². The van der Waals surface area contributed by atoms with Crippen LogP contribution in [0.5, 0.6) is 0 Å². The molecule has 0 saturated carbocycles. The van der Waals surface area contributed by atoms with Gasteiger partial charge in [0.05, 0.1) is 11.2 Å². The van der Waals surface area contributed by atoms with Gasteiger partial charge in [-0.05, 0) is 59.7 Å². The number of hydrogen-bond donors (Lipinski definition) is 1. The summed E-state index contributed by atoms with van der Waals surface area (Å²) < 4.78 is 0. The smallest absolute Gasteiger partial charge is 0.255 e. The van der Waals surface area contributed by atoms with Crippen molar-refractivity contribution in [3.8, 4) is 11.1 Å². The van der Waals surface area contributed by atoms with Crippen molar-refractivity contribution in [2.45, 2.75) is 6.54 Å². The van der Waals surface area contributed by atoms with Gasteiger partial charge in [-0.25, -0.2) is 0 Å². The predicted molar refractivity (Wildman–Crippen MR) is 134 cm³/mol. The van der Waals surface area contributed by atoms with Crippen molar-refractivity contribution in [2.75, 3.05) is 23.5 Å². The van der Waals surface area contributed by atoms with Gasteiger partial charge in [0.2, 0.25) is 0 Å². The molecule has 4 nitrogen and oxygen atoms in total. The number of anilines is 1. The molecule has 1 amide bonds. The summed E-state index contributed by atoms with van der Waals surface area (Å²) in [6.07, 6.45) is 0. The monoisotopic (exact) mass is 459 g/mol. The number of halogens is 1. The summed E-state index contributed by atoms with van der Waals surface area (Å²) in [5.74, 6) is 2.13. The van der Waals surface area contributed by atoms with Crippen LogP contribution < -0.4 is 5.32 Å². The standard InChI is InChI=1S/C26H22ClN3OS/c27-22-8-5-19(6-9-22)18-1-3-20(4-2-18)26(31)29-23-11-12-25-21(15-23)7-10-24(28-25)16-30-13-14-32-17-30/h1-12,15H,13-14,16-17H2,(H,29,31). The molecular formula is C26H22ClN3OS. The molecule has 3 aromatic carbocycles. The van der Waals surface area contributed by atoms with Crippen molar-refractivity contribution in [3.05, 3.63) is 95.1 Å². The zero-order chi connectivity index (χ0) is 21.9. The Morgan fingerprint density at radius 1 is 0.969 bits per heavy atom. The number of carbonyl (C=O) groups is 1. The Morgan fingerprint density at radius 3 is 2.44 bits per heavy atom. The molecule has 1 saturated heterocycles. The van der Waals surface area contributed by atoms with E-state index in [1.807, 2.05) is 78.5 Å². The van der Waals surface area contributed by atoms with Crippen LogP contribution in [-0.2, 0) is 6.54 Å². The molecule has 0 unspecified atom stereocenters. The van der Waals surface area contributed by atoms with Crippen molar-refractivity contribution in [1.29, 1.82) is 0 Å². The molecule has 0 radical (unpaired) electrons. The Kier molecular flexibility index (Phi) is 6.12. The zero-order valence-electron chi connectivity index (χ0n) is 17.4. The lowest BCUT2D eigenvalue weighted by atomic mass is 10.0. The number of carbonyl (C=O) groups excluding carboxylic acids is 1. The molecule has 1 aliphatic rings. The van der Waals surface area contributed by atoms with Gasteiger partial charge in [0.25, 0.3) is 5.91 Å². The molecule has 160 valence electrons. The number of rotatable bonds is 5. The fraction of sp³-hybridized carbons (Fsp3) is 0.154. The molecule has 32 heavy (non-hydrogen) atoms. The summed E-state index contributed by atoms with van der Waals surface area (Å²) in [7, 11) is 0. The number of nitrogens with one attached hydrogen (secondary N) is 1. The highest BCUT2D eigenvalue weighted by Gasteiger charge is 2.13. The highest BCUT2D eigenvalue weighted by atomic mass is 35.5. The van der Waals surface area contributed by atoms with Crippen LogP contribution in [0.2, 0.25) is 5.02 Å². The molecule has 0 aliphatic carbocycles. The zero-order valence-corrected chi connectivity index (χ0v) is 19.0. The number of nitrogens with zero attached hydrogens (tertiary/aromatic N) is 2. The normalized spacial score (nSPS) is 14.0. The summed E-state index contributed by atoms with van der Waals surface area (Å²) in [6.45, 7) is 2.00. The average Bonchev–Trinajstić information content (AvgIpc) is 3.33. The van der Waals surface area contributed by atoms with Gasteiger partial charge in [-0.3, -0.25) is 14.7 Å². The molecule has 6 heteroatoms. The van der Waals surface area contributed by atoms with Crippen molar-refractivity contribution in [3.63, 3.8) is 0 Å². The quantitative estimate of drug-likeness (QED) is 0.379. The van der Waals surface area contributed by atoms with E-state index in [0.29, 0.717) is 10.6 Å². The van der Waals surface area contributed by atoms with Gasteiger partial charge in [-0.1, -0.05) is 41.9 Å². The first-order valence-electron chi connectivity index (χ1n) is 10.5. The molecule has 0 atom stereocenters. The summed E-state index contributed by atoms with van der Waals surface area (Å²) in [4.78, 5) is 19.9. The average molecular weight is 460 g/mol. The number of aromatic nitrogens is 1. The largest absolute Gasteiger partial charge is 0.322 e. The van der Waals surface area contributed by atoms with Gasteiger partial charge in [0.1, 0.15) is 0 Å². The lowest BCUT2D eigenvalue weighted by Gasteiger charge is -2.13. The van der Waals surface area contributed by atoms with Crippen molar-refractivity contribution in [1.82, 2.24) is 9.88 Å². The Morgan fingerprint density at radius 2 is 1.72 bits per heavy atom. The lowest BCUT2D eigenvalue weighted by molar-refractivity contribution is 0.102. The second-order valence-corrected chi connectivity index (χ2v) is 9.35. The molecule has 5 rings (SSSR count). The predicted octanol–water partition coefficient (Wildman–Crippen LogP) is 6.31. The maximum Gasteiger partial charge on any atom is 0.255 e. The fourth-order valence-electron chi connectivity index (χ4n) is 3.80. The van der Waals surface area contributed by atoms with E-state index in [9.17, 15) is 4.79 Å². The van der Waals surface area contributed by atoms with E-state index >= 15 is 0 Å². The maximum absolute atomic E-state index is 12.7. The maximum atomic E-state index is 12.7. The van der Waals surface area contributed by atoms with E-state index in [-0.39, 0.29) is 5.91 Å². The number of fused-ring (bicyclic) bond motifs is 1. The Balaban J connectivity index is 1.28. The van der Waals surface area contributed by atoms with Crippen LogP contribution in [-0.4, -0.2) is 34.0 Å². The van der Waals surface area contributed by atoms with Crippen molar-refractivity contribution < 1.29 is 4.79 Å². The van der Waals surface area contributed by atoms with Gasteiger partial charge in [-0.15, -0.1) is 11.8 Å². The molecule has 1 N–H and O–H groups in total. The molecule has 1 aliphatic heterocycles. The van der Waals surface area contributed by atoms with Crippen LogP contribution in [0.3, 0.4) is 0 Å². The topological polar surface area (TPSA) is 45.2 Å². The lowest BCUT2D eigenvalue weighted by Crippen LogP contribution is -2.19. The highest BCUT2D eigenvalue weighted by molar-refractivity contribution is 7.99. The SMILES string of the molecule is O=C(Nc1ccc2nc(CN3CCSC3)ccc2c1)c1ccc(-c2ccc(Cl)cc2)cc1. The first-order valence-corrected chi connectivity index (χ1v) is 12.0. The first-order chi connectivity index (χ1) is 15.6. The summed E-state index contributed by atoms with van der Waals surface area (Å²) in [5, 5.41) is 4.72. The molecule has 0 bridgehead atoms. The molecule has 4 aromatic rings. The highest BCUT2D eigenvalue weighted by Crippen LogP contribution is 2.24. The summed E-state index contributed by atoms with van der Waals surface area (Å²) >= 11 is 7.93. The number of thioether (sulfide) groups is 1. The minimum Gasteiger partial charge on any atom is -0.322 e. The Bertz CT molecular complexity index is 1250. The van der Waals surface area contributed by atoms with Gasteiger partial charge in [0, 0.05) is 46.4 Å². The number of benzene rings is 3. The van der Waals surface area contributed by atoms with E-state index in [1.54, 1.807) is 0 Å². The molecule has 0 spiro atoms. The second-order valence-electron chi connectivity index (χ2n) is 7.84. The van der Waals surface area contributed by atoms with E-state index < -0.39 is 0 Å². The first kappa shape index (κ1) is 21.0. The third-order valence-electron chi connectivity index (χ3n) is 5.54. The number of hydrogen-bond acceptors (Lipinski definition) is 4. The van der Waals surface area contributed by atoms with Crippen molar-refractivity contribution in [2.24, 2.45) is 0 Å². The van der Waals surface area contributed by atoms with Crippen LogP contribution in [0.15, 0.2) is 78.9 Å². The van der Waals surface area contributed by atoms with Crippen molar-refractivity contribution >= 4 is 45.9 Å². The number of pyridine rings is 1. The van der Waals surface area contributed by atoms with Crippen LogP contribution in [0.1, 0.15) is 16.1 Å². The van der Waals surface area contributed by atoms with E-state index in [1.165, 1.54) is 5.75 Å².